The second-order valence-electron chi connectivity index (χ2n) is 5.79. The Kier molecular flexibility index (Phi) is 4.84. The van der Waals surface area contributed by atoms with Gasteiger partial charge in [0.25, 0.3) is 10.2 Å². The molecule has 0 spiro atoms. The van der Waals surface area contributed by atoms with Crippen LogP contribution in [0.2, 0.25) is 0 Å². The van der Waals surface area contributed by atoms with Gasteiger partial charge in [-0.25, -0.2) is 0 Å². The van der Waals surface area contributed by atoms with E-state index in [0.29, 0.717) is 38.1 Å². The number of aliphatic hydroxyl groups excluding tert-OH is 1. The molecule has 6 nitrogen and oxygen atoms in total. The van der Waals surface area contributed by atoms with Crippen molar-refractivity contribution >= 4 is 10.2 Å². The number of aliphatic hydroxyl groups is 1. The van der Waals surface area contributed by atoms with Crippen molar-refractivity contribution in [1.82, 2.24) is 8.61 Å². The molecule has 0 aliphatic carbocycles. The number of rotatable bonds is 3. The predicted octanol–water partition coefficient (Wildman–Crippen LogP) is -0.0978. The van der Waals surface area contributed by atoms with Crippen molar-refractivity contribution in [2.24, 2.45) is 11.8 Å². The first kappa shape index (κ1) is 15.2. The summed E-state index contributed by atoms with van der Waals surface area (Å²) >= 11 is 0. The normalized spacial score (nSPS) is 35.4. The highest BCUT2D eigenvalue weighted by Gasteiger charge is 2.39. The maximum atomic E-state index is 12.7. The van der Waals surface area contributed by atoms with Crippen LogP contribution in [0.4, 0.5) is 0 Å². The molecular formula is C12H24N2O4S. The molecule has 0 bridgehead atoms. The lowest BCUT2D eigenvalue weighted by Gasteiger charge is -2.40. The average Bonchev–Trinajstić information content (AvgIpc) is 2.37. The second-order valence-corrected chi connectivity index (χ2v) is 7.67. The van der Waals surface area contributed by atoms with Crippen LogP contribution >= 0.6 is 0 Å². The molecule has 2 heterocycles. The van der Waals surface area contributed by atoms with Gasteiger partial charge in [0.2, 0.25) is 0 Å². The van der Waals surface area contributed by atoms with E-state index in [1.165, 1.54) is 4.31 Å². The van der Waals surface area contributed by atoms with Crippen LogP contribution in [0.3, 0.4) is 0 Å². The molecule has 2 rings (SSSR count). The Balaban J connectivity index is 2.16. The van der Waals surface area contributed by atoms with E-state index in [2.05, 4.69) is 13.8 Å². The Morgan fingerprint density at radius 2 is 1.89 bits per heavy atom. The highest BCUT2D eigenvalue weighted by molar-refractivity contribution is 7.86. The molecule has 0 amide bonds. The molecule has 2 saturated heterocycles. The van der Waals surface area contributed by atoms with Crippen molar-refractivity contribution in [2.75, 3.05) is 39.5 Å². The highest BCUT2D eigenvalue weighted by atomic mass is 32.2. The number of ether oxygens (including phenoxy) is 1. The van der Waals surface area contributed by atoms with Crippen LogP contribution in [-0.4, -0.2) is 67.6 Å². The molecule has 7 heteroatoms. The molecule has 0 saturated carbocycles. The fourth-order valence-corrected chi connectivity index (χ4v) is 5.02. The lowest BCUT2D eigenvalue weighted by atomic mass is 9.94. The first-order chi connectivity index (χ1) is 8.95. The van der Waals surface area contributed by atoms with E-state index in [-0.39, 0.29) is 13.2 Å². The maximum Gasteiger partial charge on any atom is 0.282 e. The van der Waals surface area contributed by atoms with Crippen molar-refractivity contribution in [2.45, 2.75) is 26.3 Å². The summed E-state index contributed by atoms with van der Waals surface area (Å²) in [5.74, 6) is 0.763. The van der Waals surface area contributed by atoms with Gasteiger partial charge >= 0.3 is 0 Å². The summed E-state index contributed by atoms with van der Waals surface area (Å²) in [7, 11) is -3.49. The molecule has 3 atom stereocenters. The van der Waals surface area contributed by atoms with E-state index in [1.807, 2.05) is 0 Å². The number of nitrogens with zero attached hydrogens (tertiary/aromatic N) is 2. The van der Waals surface area contributed by atoms with E-state index in [4.69, 9.17) is 4.74 Å². The summed E-state index contributed by atoms with van der Waals surface area (Å²) in [6.45, 7) is 6.11. The van der Waals surface area contributed by atoms with Crippen LogP contribution in [0.15, 0.2) is 0 Å². The molecule has 0 radical (unpaired) electrons. The molecule has 1 N–H and O–H groups in total. The van der Waals surface area contributed by atoms with Crippen LogP contribution in [0.1, 0.15) is 20.3 Å². The Hall–Kier alpha value is -0.210. The number of hydrogen-bond acceptors (Lipinski definition) is 4. The third kappa shape index (κ3) is 3.28. The standard InChI is InChI=1S/C12H24N2O4S/c1-10-5-11(2)7-13(6-10)19(16,17)14-3-4-18-9-12(14)8-15/h10-12,15H,3-9H2,1-2H3. The van der Waals surface area contributed by atoms with Gasteiger partial charge in [0.15, 0.2) is 0 Å². The van der Waals surface area contributed by atoms with Gasteiger partial charge in [-0.15, -0.1) is 0 Å². The minimum absolute atomic E-state index is 0.196. The van der Waals surface area contributed by atoms with Crippen LogP contribution < -0.4 is 0 Å². The molecule has 19 heavy (non-hydrogen) atoms. The van der Waals surface area contributed by atoms with Crippen LogP contribution in [0.25, 0.3) is 0 Å². The van der Waals surface area contributed by atoms with E-state index in [0.717, 1.165) is 6.42 Å². The van der Waals surface area contributed by atoms with Crippen molar-refractivity contribution < 1.29 is 18.3 Å². The topological polar surface area (TPSA) is 70.1 Å². The van der Waals surface area contributed by atoms with Gasteiger partial charge in [-0.05, 0) is 18.3 Å². The molecule has 2 fully saturated rings. The molecule has 112 valence electrons. The maximum absolute atomic E-state index is 12.7. The molecular weight excluding hydrogens is 268 g/mol. The summed E-state index contributed by atoms with van der Waals surface area (Å²) in [6, 6.07) is -0.453. The van der Waals surface area contributed by atoms with Gasteiger partial charge in [0, 0.05) is 19.6 Å². The first-order valence-electron chi connectivity index (χ1n) is 6.90. The molecule has 0 aromatic rings. The molecule has 0 aromatic heterocycles. The lowest BCUT2D eigenvalue weighted by Crippen LogP contribution is -2.57. The summed E-state index contributed by atoms with van der Waals surface area (Å²) in [5, 5.41) is 9.32. The van der Waals surface area contributed by atoms with Gasteiger partial charge in [-0.3, -0.25) is 0 Å². The lowest BCUT2D eigenvalue weighted by molar-refractivity contribution is 0.00721. The average molecular weight is 292 g/mol. The zero-order valence-corrected chi connectivity index (χ0v) is 12.5. The van der Waals surface area contributed by atoms with Crippen molar-refractivity contribution in [3.8, 4) is 0 Å². The Morgan fingerprint density at radius 1 is 1.26 bits per heavy atom. The van der Waals surface area contributed by atoms with Gasteiger partial charge in [-0.2, -0.15) is 17.0 Å². The van der Waals surface area contributed by atoms with Crippen molar-refractivity contribution in [3.05, 3.63) is 0 Å². The first-order valence-corrected chi connectivity index (χ1v) is 8.30. The van der Waals surface area contributed by atoms with Crippen molar-refractivity contribution in [3.63, 3.8) is 0 Å². The third-order valence-corrected chi connectivity index (χ3v) is 5.87. The van der Waals surface area contributed by atoms with E-state index in [1.54, 1.807) is 4.31 Å². The minimum Gasteiger partial charge on any atom is -0.395 e. The van der Waals surface area contributed by atoms with E-state index in [9.17, 15) is 13.5 Å². The summed E-state index contributed by atoms with van der Waals surface area (Å²) in [5.41, 5.74) is 0. The summed E-state index contributed by atoms with van der Waals surface area (Å²) in [6.07, 6.45) is 1.07. The summed E-state index contributed by atoms with van der Waals surface area (Å²) < 4.78 is 33.6. The van der Waals surface area contributed by atoms with Gasteiger partial charge < -0.3 is 9.84 Å². The smallest absolute Gasteiger partial charge is 0.282 e. The molecule has 2 aliphatic heterocycles. The number of piperidine rings is 1. The molecule has 0 aromatic carbocycles. The minimum atomic E-state index is -3.49. The zero-order chi connectivity index (χ0) is 14.0. The van der Waals surface area contributed by atoms with E-state index >= 15 is 0 Å². The Morgan fingerprint density at radius 3 is 2.47 bits per heavy atom. The largest absolute Gasteiger partial charge is 0.395 e. The Labute approximate surface area is 115 Å². The Bertz CT molecular complexity index is 391. The van der Waals surface area contributed by atoms with Gasteiger partial charge in [-0.1, -0.05) is 13.8 Å². The number of hydrogen-bond donors (Lipinski definition) is 1. The molecule has 3 unspecified atom stereocenters. The third-order valence-electron chi connectivity index (χ3n) is 3.84. The second kappa shape index (κ2) is 6.05. The van der Waals surface area contributed by atoms with Crippen molar-refractivity contribution in [1.29, 1.82) is 0 Å². The van der Waals surface area contributed by atoms with E-state index < -0.39 is 16.3 Å². The fourth-order valence-electron chi connectivity index (χ4n) is 3.03. The highest BCUT2D eigenvalue weighted by Crippen LogP contribution is 2.26. The van der Waals surface area contributed by atoms with Crippen LogP contribution in [-0.2, 0) is 14.9 Å². The fraction of sp³-hybridized carbons (Fsp3) is 1.00. The number of morpholine rings is 1. The quantitative estimate of drug-likeness (QED) is 0.789. The monoisotopic (exact) mass is 292 g/mol. The van der Waals surface area contributed by atoms with Gasteiger partial charge in [0.05, 0.1) is 25.9 Å². The van der Waals surface area contributed by atoms with Crippen LogP contribution in [0.5, 0.6) is 0 Å². The molecule has 2 aliphatic rings. The van der Waals surface area contributed by atoms with Crippen LogP contribution in [0, 0.1) is 11.8 Å². The summed E-state index contributed by atoms with van der Waals surface area (Å²) in [4.78, 5) is 0. The predicted molar refractivity (Wildman–Crippen MR) is 71.8 cm³/mol. The SMILES string of the molecule is CC1CC(C)CN(S(=O)(=O)N2CCOCC2CO)C1. The van der Waals surface area contributed by atoms with Gasteiger partial charge in [0.1, 0.15) is 0 Å². The zero-order valence-electron chi connectivity index (χ0n) is 11.7.